The highest BCUT2D eigenvalue weighted by Crippen LogP contribution is 2.31. The van der Waals surface area contributed by atoms with Crippen LogP contribution in [0.2, 0.25) is 0 Å². The minimum Gasteiger partial charge on any atom is -0.302 e. The lowest BCUT2D eigenvalue weighted by Gasteiger charge is -2.19. The summed E-state index contributed by atoms with van der Waals surface area (Å²) >= 11 is 1.33. The van der Waals surface area contributed by atoms with Crippen LogP contribution in [0.25, 0.3) is 10.2 Å². The van der Waals surface area contributed by atoms with E-state index in [0.29, 0.717) is 10.6 Å². The fourth-order valence-electron chi connectivity index (χ4n) is 3.49. The van der Waals surface area contributed by atoms with E-state index in [2.05, 4.69) is 15.0 Å². The number of carbonyl (C=O) groups excluding carboxylic acids is 1. The van der Waals surface area contributed by atoms with E-state index in [4.69, 9.17) is 0 Å². The van der Waals surface area contributed by atoms with Gasteiger partial charge in [0.25, 0.3) is 10.0 Å². The van der Waals surface area contributed by atoms with Crippen LogP contribution in [-0.2, 0) is 14.8 Å². The maximum absolute atomic E-state index is 13.8. The van der Waals surface area contributed by atoms with Crippen LogP contribution in [0.5, 0.6) is 0 Å². The Morgan fingerprint density at radius 2 is 1.86 bits per heavy atom. The average molecular weight is 434 g/mol. The van der Waals surface area contributed by atoms with Gasteiger partial charge in [-0.1, -0.05) is 42.7 Å². The van der Waals surface area contributed by atoms with Gasteiger partial charge in [-0.05, 0) is 43.2 Å². The molecule has 1 heterocycles. The third kappa shape index (κ3) is 4.40. The molecule has 1 aromatic heterocycles. The molecule has 0 aliphatic heterocycles. The average Bonchev–Trinajstić information content (AvgIpc) is 3.10. The van der Waals surface area contributed by atoms with E-state index in [1.807, 2.05) is 0 Å². The van der Waals surface area contributed by atoms with E-state index in [9.17, 15) is 17.6 Å². The summed E-state index contributed by atoms with van der Waals surface area (Å²) < 4.78 is 42.0. The highest BCUT2D eigenvalue weighted by Gasteiger charge is 2.22. The molecular weight excluding hydrogens is 413 g/mol. The SMILES string of the molecule is O=C(Nc1nc2cc(NS(=O)(=O)c3ccccc3F)ccc2s1)C1CCCCC1. The molecule has 6 nitrogen and oxygen atoms in total. The van der Waals surface area contributed by atoms with Crippen LogP contribution < -0.4 is 10.0 Å². The van der Waals surface area contributed by atoms with Gasteiger partial charge in [-0.3, -0.25) is 9.52 Å². The minimum absolute atomic E-state index is 0.00997. The first-order chi connectivity index (χ1) is 13.9. The zero-order chi connectivity index (χ0) is 20.4. The lowest BCUT2D eigenvalue weighted by molar-refractivity contribution is -0.120. The fourth-order valence-corrected chi connectivity index (χ4v) is 5.47. The van der Waals surface area contributed by atoms with E-state index in [-0.39, 0.29) is 17.5 Å². The largest absolute Gasteiger partial charge is 0.302 e. The third-order valence-corrected chi connectivity index (χ3v) is 7.34. The highest BCUT2D eigenvalue weighted by molar-refractivity contribution is 7.92. The molecule has 1 saturated carbocycles. The summed E-state index contributed by atoms with van der Waals surface area (Å²) in [5, 5.41) is 3.37. The molecule has 29 heavy (non-hydrogen) atoms. The molecular formula is C20H20FN3O3S2. The first-order valence-corrected chi connectivity index (χ1v) is 11.7. The summed E-state index contributed by atoms with van der Waals surface area (Å²) in [6, 6.07) is 10.1. The summed E-state index contributed by atoms with van der Waals surface area (Å²) in [5.41, 5.74) is 0.832. The van der Waals surface area contributed by atoms with Crippen molar-refractivity contribution in [3.63, 3.8) is 0 Å². The topological polar surface area (TPSA) is 88.2 Å². The van der Waals surface area contributed by atoms with Gasteiger partial charge in [0, 0.05) is 5.92 Å². The second-order valence-corrected chi connectivity index (χ2v) is 9.74. The van der Waals surface area contributed by atoms with Crippen molar-refractivity contribution < 1.29 is 17.6 Å². The number of hydrogen-bond acceptors (Lipinski definition) is 5. The first-order valence-electron chi connectivity index (χ1n) is 9.41. The van der Waals surface area contributed by atoms with E-state index in [1.54, 1.807) is 18.2 Å². The van der Waals surface area contributed by atoms with Crippen LogP contribution in [0.3, 0.4) is 0 Å². The Hall–Kier alpha value is -2.52. The number of anilines is 2. The van der Waals surface area contributed by atoms with Crippen molar-refractivity contribution in [3.05, 3.63) is 48.3 Å². The Bertz CT molecular complexity index is 1150. The molecule has 0 saturated heterocycles. The molecule has 0 radical (unpaired) electrons. The van der Waals surface area contributed by atoms with Gasteiger partial charge in [-0.25, -0.2) is 17.8 Å². The predicted molar refractivity (Wildman–Crippen MR) is 112 cm³/mol. The Labute approximate surface area is 172 Å². The molecule has 1 amide bonds. The van der Waals surface area contributed by atoms with Crippen LogP contribution in [0.15, 0.2) is 47.4 Å². The normalized spacial score (nSPS) is 15.3. The molecule has 0 unspecified atom stereocenters. The molecule has 0 spiro atoms. The van der Waals surface area contributed by atoms with Gasteiger partial charge in [0.05, 0.1) is 15.9 Å². The second-order valence-electron chi connectivity index (χ2n) is 7.06. The van der Waals surface area contributed by atoms with Crippen LogP contribution >= 0.6 is 11.3 Å². The summed E-state index contributed by atoms with van der Waals surface area (Å²) in [6.07, 6.45) is 5.13. The van der Waals surface area contributed by atoms with Gasteiger partial charge in [-0.15, -0.1) is 0 Å². The molecule has 1 aliphatic carbocycles. The zero-order valence-corrected chi connectivity index (χ0v) is 17.2. The van der Waals surface area contributed by atoms with Crippen molar-refractivity contribution in [3.8, 4) is 0 Å². The van der Waals surface area contributed by atoms with E-state index < -0.39 is 20.7 Å². The maximum Gasteiger partial charge on any atom is 0.264 e. The van der Waals surface area contributed by atoms with Crippen LogP contribution in [-0.4, -0.2) is 19.3 Å². The number of nitrogens with zero attached hydrogens (tertiary/aromatic N) is 1. The van der Waals surface area contributed by atoms with E-state index >= 15 is 0 Å². The molecule has 152 valence electrons. The predicted octanol–water partition coefficient (Wildman–Crippen LogP) is 4.76. The highest BCUT2D eigenvalue weighted by atomic mass is 32.2. The van der Waals surface area contributed by atoms with Gasteiger partial charge >= 0.3 is 0 Å². The number of rotatable bonds is 5. The molecule has 9 heteroatoms. The maximum atomic E-state index is 13.8. The van der Waals surface area contributed by atoms with Gasteiger partial charge in [0.1, 0.15) is 10.7 Å². The lowest BCUT2D eigenvalue weighted by Crippen LogP contribution is -2.24. The molecule has 2 aromatic carbocycles. The number of nitrogens with one attached hydrogen (secondary N) is 2. The lowest BCUT2D eigenvalue weighted by atomic mass is 9.89. The number of thiazole rings is 1. The van der Waals surface area contributed by atoms with Gasteiger partial charge in [-0.2, -0.15) is 0 Å². The number of sulfonamides is 1. The Balaban J connectivity index is 1.52. The molecule has 3 aromatic rings. The van der Waals surface area contributed by atoms with E-state index in [0.717, 1.165) is 36.4 Å². The summed E-state index contributed by atoms with van der Waals surface area (Å²) in [6.45, 7) is 0. The number of carbonyl (C=O) groups is 1. The summed E-state index contributed by atoms with van der Waals surface area (Å²) in [4.78, 5) is 16.4. The number of hydrogen-bond donors (Lipinski definition) is 2. The quantitative estimate of drug-likeness (QED) is 0.607. The molecule has 1 aliphatic rings. The first kappa shape index (κ1) is 19.8. The smallest absolute Gasteiger partial charge is 0.264 e. The molecule has 1 fully saturated rings. The van der Waals surface area contributed by atoms with Crippen LogP contribution in [0.4, 0.5) is 15.2 Å². The number of amides is 1. The van der Waals surface area contributed by atoms with E-state index in [1.165, 1.54) is 36.0 Å². The summed E-state index contributed by atoms with van der Waals surface area (Å²) in [5.74, 6) is -0.800. The van der Waals surface area contributed by atoms with Crippen molar-refractivity contribution in [2.45, 2.75) is 37.0 Å². The zero-order valence-electron chi connectivity index (χ0n) is 15.5. The Morgan fingerprint density at radius 3 is 2.62 bits per heavy atom. The van der Waals surface area contributed by atoms with Crippen molar-refractivity contribution in [1.82, 2.24) is 4.98 Å². The van der Waals surface area contributed by atoms with Gasteiger partial charge in [0.2, 0.25) is 5.91 Å². The second kappa shape index (κ2) is 8.08. The molecule has 0 bridgehead atoms. The number of aromatic nitrogens is 1. The van der Waals surface area contributed by atoms with Crippen molar-refractivity contribution in [2.75, 3.05) is 10.0 Å². The third-order valence-electron chi connectivity index (χ3n) is 4.97. The van der Waals surface area contributed by atoms with Crippen molar-refractivity contribution in [2.24, 2.45) is 5.92 Å². The fraction of sp³-hybridized carbons (Fsp3) is 0.300. The van der Waals surface area contributed by atoms with Gasteiger partial charge < -0.3 is 5.32 Å². The number of benzene rings is 2. The van der Waals surface area contributed by atoms with Crippen molar-refractivity contribution in [1.29, 1.82) is 0 Å². The minimum atomic E-state index is -4.06. The number of halogens is 1. The number of fused-ring (bicyclic) bond motifs is 1. The van der Waals surface area contributed by atoms with Crippen LogP contribution in [0, 0.1) is 11.7 Å². The summed E-state index contributed by atoms with van der Waals surface area (Å²) in [7, 11) is -4.06. The molecule has 2 N–H and O–H groups in total. The monoisotopic (exact) mass is 433 g/mol. The van der Waals surface area contributed by atoms with Crippen molar-refractivity contribution >= 4 is 48.3 Å². The standard InChI is InChI=1S/C20H20FN3O3S2/c21-15-8-4-5-9-18(15)29(26,27)24-14-10-11-17-16(12-14)22-20(28-17)23-19(25)13-6-2-1-3-7-13/h4-5,8-13,24H,1-3,6-7H2,(H,22,23,25). The molecule has 4 rings (SSSR count). The Morgan fingerprint density at radius 1 is 1.10 bits per heavy atom. The van der Waals surface area contributed by atoms with Gasteiger partial charge in [0.15, 0.2) is 5.13 Å². The molecule has 0 atom stereocenters. The van der Waals surface area contributed by atoms with Crippen LogP contribution in [0.1, 0.15) is 32.1 Å². The Kier molecular flexibility index (Phi) is 5.51.